The minimum atomic E-state index is 0.654. The Balaban J connectivity index is 1.65. The van der Waals surface area contributed by atoms with E-state index in [-0.39, 0.29) is 0 Å². The fraction of sp³-hybridized carbons (Fsp3) is 0.118. The van der Waals surface area contributed by atoms with Crippen LogP contribution in [0, 0.1) is 0 Å². The van der Waals surface area contributed by atoms with E-state index in [4.69, 9.17) is 5.73 Å². The van der Waals surface area contributed by atoms with Gasteiger partial charge in [0.25, 0.3) is 0 Å². The molecule has 0 aliphatic carbocycles. The van der Waals surface area contributed by atoms with Gasteiger partial charge in [0, 0.05) is 42.6 Å². The van der Waals surface area contributed by atoms with E-state index in [0.717, 1.165) is 33.8 Å². The molecule has 3 heterocycles. The van der Waals surface area contributed by atoms with E-state index >= 15 is 0 Å². The molecule has 0 bridgehead atoms. The van der Waals surface area contributed by atoms with E-state index < -0.39 is 0 Å². The summed E-state index contributed by atoms with van der Waals surface area (Å²) >= 11 is 0. The predicted molar refractivity (Wildman–Crippen MR) is 94.0 cm³/mol. The smallest absolute Gasteiger partial charge is 0.153 e. The van der Waals surface area contributed by atoms with Crippen molar-refractivity contribution in [2.45, 2.75) is 6.54 Å². The average Bonchev–Trinajstić information content (AvgIpc) is 3.14. The van der Waals surface area contributed by atoms with Crippen LogP contribution in [0.2, 0.25) is 0 Å². The molecule has 24 heavy (non-hydrogen) atoms. The van der Waals surface area contributed by atoms with Crippen molar-refractivity contribution < 1.29 is 0 Å². The standard InChI is InChI=1S/C17H17N7/c1-23-6-5-16(22-23)21-17-8-15-13(9-19-17)10-20-24(15)11-12-3-2-4-14(18)7-12/h2-10H,11,18H2,1H3,(H,19,21,22). The van der Waals surface area contributed by atoms with E-state index in [2.05, 4.69) is 20.5 Å². The molecular weight excluding hydrogens is 302 g/mol. The molecule has 7 heteroatoms. The van der Waals surface area contributed by atoms with Gasteiger partial charge in [-0.1, -0.05) is 12.1 Å². The molecule has 7 nitrogen and oxygen atoms in total. The Morgan fingerprint density at radius 2 is 2.04 bits per heavy atom. The average molecular weight is 319 g/mol. The first-order valence-electron chi connectivity index (χ1n) is 7.60. The topological polar surface area (TPSA) is 86.6 Å². The van der Waals surface area contributed by atoms with E-state index in [9.17, 15) is 0 Å². The molecule has 4 aromatic rings. The summed E-state index contributed by atoms with van der Waals surface area (Å²) in [5.41, 5.74) is 8.72. The predicted octanol–water partition coefficient (Wildman–Crippen LogP) is 2.54. The highest BCUT2D eigenvalue weighted by molar-refractivity contribution is 5.80. The lowest BCUT2D eigenvalue weighted by atomic mass is 10.2. The molecule has 0 aliphatic rings. The fourth-order valence-corrected chi connectivity index (χ4v) is 2.64. The van der Waals surface area contributed by atoms with Crippen molar-refractivity contribution in [1.29, 1.82) is 0 Å². The van der Waals surface area contributed by atoms with Crippen molar-refractivity contribution in [2.75, 3.05) is 11.1 Å². The van der Waals surface area contributed by atoms with Crippen LogP contribution in [0.25, 0.3) is 10.9 Å². The van der Waals surface area contributed by atoms with Crippen LogP contribution in [0.1, 0.15) is 5.56 Å². The van der Waals surface area contributed by atoms with Crippen molar-refractivity contribution >= 4 is 28.2 Å². The van der Waals surface area contributed by atoms with E-state index in [1.165, 1.54) is 0 Å². The Bertz CT molecular complexity index is 999. The molecule has 0 atom stereocenters. The molecule has 4 rings (SSSR count). The Morgan fingerprint density at radius 1 is 1.12 bits per heavy atom. The van der Waals surface area contributed by atoms with E-state index in [1.54, 1.807) is 4.68 Å². The summed E-state index contributed by atoms with van der Waals surface area (Å²) in [6, 6.07) is 11.7. The minimum Gasteiger partial charge on any atom is -0.399 e. The molecule has 0 radical (unpaired) electrons. The minimum absolute atomic E-state index is 0.654. The van der Waals surface area contributed by atoms with E-state index in [0.29, 0.717) is 6.54 Å². The molecule has 120 valence electrons. The van der Waals surface area contributed by atoms with Gasteiger partial charge in [0.15, 0.2) is 5.82 Å². The molecule has 0 spiro atoms. The van der Waals surface area contributed by atoms with Gasteiger partial charge in [-0.25, -0.2) is 4.98 Å². The lowest BCUT2D eigenvalue weighted by molar-refractivity contribution is 0.712. The summed E-state index contributed by atoms with van der Waals surface area (Å²) in [5.74, 6) is 1.49. The van der Waals surface area contributed by atoms with Crippen LogP contribution in [-0.2, 0) is 13.6 Å². The second kappa shape index (κ2) is 5.69. The third kappa shape index (κ3) is 2.79. The van der Waals surface area contributed by atoms with Gasteiger partial charge in [-0.2, -0.15) is 10.2 Å². The normalized spacial score (nSPS) is 11.0. The highest BCUT2D eigenvalue weighted by atomic mass is 15.3. The van der Waals surface area contributed by atoms with Crippen LogP contribution in [-0.4, -0.2) is 24.5 Å². The summed E-state index contributed by atoms with van der Waals surface area (Å²) in [6.45, 7) is 0.654. The number of hydrogen-bond acceptors (Lipinski definition) is 5. The maximum Gasteiger partial charge on any atom is 0.153 e. The van der Waals surface area contributed by atoms with Crippen LogP contribution in [0.15, 0.2) is 55.0 Å². The van der Waals surface area contributed by atoms with Crippen molar-refractivity contribution in [2.24, 2.45) is 7.05 Å². The summed E-state index contributed by atoms with van der Waals surface area (Å²) < 4.78 is 3.68. The first-order valence-corrected chi connectivity index (χ1v) is 7.60. The Morgan fingerprint density at radius 3 is 2.83 bits per heavy atom. The SMILES string of the molecule is Cn1ccc(Nc2cc3c(cn2)cnn3Cc2cccc(N)c2)n1. The van der Waals surface area contributed by atoms with Gasteiger partial charge < -0.3 is 11.1 Å². The van der Waals surface area contributed by atoms with Gasteiger partial charge >= 0.3 is 0 Å². The highest BCUT2D eigenvalue weighted by Gasteiger charge is 2.07. The number of benzene rings is 1. The van der Waals surface area contributed by atoms with Gasteiger partial charge in [-0.15, -0.1) is 0 Å². The quantitative estimate of drug-likeness (QED) is 0.565. The van der Waals surface area contributed by atoms with Crippen LogP contribution < -0.4 is 11.1 Å². The number of rotatable bonds is 4. The monoisotopic (exact) mass is 319 g/mol. The van der Waals surface area contributed by atoms with Crippen molar-refractivity contribution in [3.63, 3.8) is 0 Å². The zero-order chi connectivity index (χ0) is 16.5. The number of aryl methyl sites for hydroxylation is 1. The molecule has 3 aromatic heterocycles. The first-order chi connectivity index (χ1) is 11.7. The molecule has 1 aromatic carbocycles. The Hall–Kier alpha value is -3.35. The first kappa shape index (κ1) is 14.3. The van der Waals surface area contributed by atoms with Crippen LogP contribution in [0.5, 0.6) is 0 Å². The lowest BCUT2D eigenvalue weighted by Crippen LogP contribution is -2.02. The van der Waals surface area contributed by atoms with Gasteiger partial charge in [-0.3, -0.25) is 9.36 Å². The summed E-state index contributed by atoms with van der Waals surface area (Å²) in [7, 11) is 1.88. The number of nitrogens with one attached hydrogen (secondary N) is 1. The van der Waals surface area contributed by atoms with Crippen molar-refractivity contribution in [1.82, 2.24) is 24.5 Å². The second-order valence-corrected chi connectivity index (χ2v) is 5.68. The number of fused-ring (bicyclic) bond motifs is 1. The zero-order valence-corrected chi connectivity index (χ0v) is 13.2. The number of nitrogens with two attached hydrogens (primary N) is 1. The fourth-order valence-electron chi connectivity index (χ4n) is 2.64. The van der Waals surface area contributed by atoms with Crippen molar-refractivity contribution in [3.05, 3.63) is 60.6 Å². The summed E-state index contributed by atoms with van der Waals surface area (Å²) in [5, 5.41) is 13.0. The zero-order valence-electron chi connectivity index (χ0n) is 13.2. The lowest BCUT2D eigenvalue weighted by Gasteiger charge is -2.06. The van der Waals surface area contributed by atoms with Crippen LogP contribution in [0.3, 0.4) is 0 Å². The number of nitrogens with zero attached hydrogens (tertiary/aromatic N) is 5. The number of hydrogen-bond donors (Lipinski definition) is 2. The van der Waals surface area contributed by atoms with Gasteiger partial charge in [0.1, 0.15) is 5.82 Å². The number of pyridine rings is 1. The third-order valence-corrected chi connectivity index (χ3v) is 3.78. The van der Waals surface area contributed by atoms with Gasteiger partial charge in [0.05, 0.1) is 18.3 Å². The Kier molecular flexibility index (Phi) is 3.38. The maximum absolute atomic E-state index is 5.85. The molecule has 3 N–H and O–H groups in total. The molecule has 0 unspecified atom stereocenters. The number of anilines is 3. The molecule has 0 fully saturated rings. The summed E-state index contributed by atoms with van der Waals surface area (Å²) in [4.78, 5) is 4.41. The van der Waals surface area contributed by atoms with Gasteiger partial charge in [-0.05, 0) is 17.7 Å². The van der Waals surface area contributed by atoms with E-state index in [1.807, 2.05) is 66.7 Å². The summed E-state index contributed by atoms with van der Waals surface area (Å²) in [6.07, 6.45) is 5.51. The second-order valence-electron chi connectivity index (χ2n) is 5.68. The maximum atomic E-state index is 5.85. The molecule has 0 saturated carbocycles. The van der Waals surface area contributed by atoms with Crippen molar-refractivity contribution in [3.8, 4) is 0 Å². The largest absolute Gasteiger partial charge is 0.399 e. The molecule has 0 amide bonds. The molecule has 0 aliphatic heterocycles. The molecular formula is C17H17N7. The van der Waals surface area contributed by atoms with Crippen LogP contribution >= 0.6 is 0 Å². The Labute approximate surface area is 138 Å². The number of nitrogen functional groups attached to an aromatic ring is 1. The van der Waals surface area contributed by atoms with Crippen LogP contribution in [0.4, 0.5) is 17.3 Å². The highest BCUT2D eigenvalue weighted by Crippen LogP contribution is 2.20. The van der Waals surface area contributed by atoms with Gasteiger partial charge in [0.2, 0.25) is 0 Å². The number of aromatic nitrogens is 5. The molecule has 0 saturated heterocycles. The third-order valence-electron chi connectivity index (χ3n) is 3.78.